The second-order valence-corrected chi connectivity index (χ2v) is 5.06. The number of fused-ring (bicyclic) bond motifs is 1. The minimum Gasteiger partial charge on any atom is -0.271 e. The number of pyridine rings is 1. The molecule has 4 heteroatoms. The maximum Gasteiger partial charge on any atom is 0.123 e. The van der Waals surface area contributed by atoms with E-state index in [1.807, 2.05) is 43.3 Å². The quantitative estimate of drug-likeness (QED) is 0.572. The van der Waals surface area contributed by atoms with Gasteiger partial charge >= 0.3 is 0 Å². The molecule has 106 valence electrons. The number of aryl methyl sites for hydroxylation is 1. The molecule has 3 nitrogen and oxygen atoms in total. The first-order valence-corrected chi connectivity index (χ1v) is 6.76. The lowest BCUT2D eigenvalue weighted by atomic mass is 9.97. The number of nitrogens with two attached hydrogens (primary N) is 1. The Morgan fingerprint density at radius 1 is 1.05 bits per heavy atom. The fourth-order valence-corrected chi connectivity index (χ4v) is 2.50. The standard InChI is InChI=1S/C17H16FN3/c1-11-5-6-12-9-14(7-8-16(12)20-11)17(21-19)13-3-2-4-15(18)10-13/h2-10,17,21H,19H2,1H3. The van der Waals surface area contributed by atoms with Gasteiger partial charge in [-0.3, -0.25) is 10.8 Å². The van der Waals surface area contributed by atoms with E-state index in [0.29, 0.717) is 0 Å². The van der Waals surface area contributed by atoms with E-state index in [1.165, 1.54) is 12.1 Å². The Balaban J connectivity index is 2.06. The summed E-state index contributed by atoms with van der Waals surface area (Å²) in [5, 5.41) is 1.04. The maximum absolute atomic E-state index is 13.4. The van der Waals surface area contributed by atoms with Crippen LogP contribution in [0.25, 0.3) is 10.9 Å². The summed E-state index contributed by atoms with van der Waals surface area (Å²) in [6.07, 6.45) is 0. The van der Waals surface area contributed by atoms with Gasteiger partial charge in [-0.2, -0.15) is 0 Å². The van der Waals surface area contributed by atoms with E-state index in [-0.39, 0.29) is 11.9 Å². The zero-order valence-corrected chi connectivity index (χ0v) is 11.7. The van der Waals surface area contributed by atoms with Crippen LogP contribution in [0.5, 0.6) is 0 Å². The molecule has 1 atom stereocenters. The molecule has 1 heterocycles. The molecule has 0 saturated heterocycles. The highest BCUT2D eigenvalue weighted by Crippen LogP contribution is 2.25. The van der Waals surface area contributed by atoms with E-state index >= 15 is 0 Å². The van der Waals surface area contributed by atoms with E-state index in [9.17, 15) is 4.39 Å². The van der Waals surface area contributed by atoms with Gasteiger partial charge in [0.25, 0.3) is 0 Å². The number of aromatic nitrogens is 1. The van der Waals surface area contributed by atoms with Crippen molar-refractivity contribution in [3.05, 3.63) is 77.2 Å². The van der Waals surface area contributed by atoms with Crippen LogP contribution < -0.4 is 11.3 Å². The number of hydrazine groups is 1. The average Bonchev–Trinajstić information content (AvgIpc) is 2.48. The summed E-state index contributed by atoms with van der Waals surface area (Å²) < 4.78 is 13.4. The Kier molecular flexibility index (Phi) is 3.64. The average molecular weight is 281 g/mol. The predicted octanol–water partition coefficient (Wildman–Crippen LogP) is 3.24. The number of rotatable bonds is 3. The Bertz CT molecular complexity index is 786. The zero-order valence-electron chi connectivity index (χ0n) is 11.7. The van der Waals surface area contributed by atoms with Crippen LogP contribution >= 0.6 is 0 Å². The lowest BCUT2D eigenvalue weighted by Gasteiger charge is -2.17. The molecule has 0 saturated carbocycles. The van der Waals surface area contributed by atoms with Crippen LogP contribution in [0.15, 0.2) is 54.6 Å². The molecule has 0 aliphatic carbocycles. The van der Waals surface area contributed by atoms with Gasteiger partial charge in [0.1, 0.15) is 5.82 Å². The van der Waals surface area contributed by atoms with Crippen LogP contribution in [0.1, 0.15) is 22.9 Å². The third-order valence-corrected chi connectivity index (χ3v) is 3.53. The van der Waals surface area contributed by atoms with Gasteiger partial charge in [-0.15, -0.1) is 0 Å². The van der Waals surface area contributed by atoms with Crippen LogP contribution in [-0.2, 0) is 0 Å². The molecule has 2 aromatic carbocycles. The molecule has 0 spiro atoms. The maximum atomic E-state index is 13.4. The third-order valence-electron chi connectivity index (χ3n) is 3.53. The molecule has 1 unspecified atom stereocenters. The monoisotopic (exact) mass is 281 g/mol. The summed E-state index contributed by atoms with van der Waals surface area (Å²) in [6, 6.07) is 16.1. The van der Waals surface area contributed by atoms with Crippen LogP contribution in [-0.4, -0.2) is 4.98 Å². The van der Waals surface area contributed by atoms with Crippen molar-refractivity contribution >= 4 is 10.9 Å². The Labute approximate surface area is 122 Å². The number of benzene rings is 2. The topological polar surface area (TPSA) is 50.9 Å². The highest BCUT2D eigenvalue weighted by Gasteiger charge is 2.13. The van der Waals surface area contributed by atoms with Crippen molar-refractivity contribution in [3.63, 3.8) is 0 Å². The number of hydrogen-bond donors (Lipinski definition) is 2. The van der Waals surface area contributed by atoms with Crippen molar-refractivity contribution in [2.45, 2.75) is 13.0 Å². The fourth-order valence-electron chi connectivity index (χ4n) is 2.50. The molecule has 0 aliphatic heterocycles. The molecule has 21 heavy (non-hydrogen) atoms. The summed E-state index contributed by atoms with van der Waals surface area (Å²) in [7, 11) is 0. The van der Waals surface area contributed by atoms with Crippen molar-refractivity contribution < 1.29 is 4.39 Å². The zero-order chi connectivity index (χ0) is 14.8. The highest BCUT2D eigenvalue weighted by atomic mass is 19.1. The molecule has 0 amide bonds. The number of nitrogens with zero attached hydrogens (tertiary/aromatic N) is 1. The second kappa shape index (κ2) is 5.60. The minimum atomic E-state index is -0.272. The lowest BCUT2D eigenvalue weighted by Crippen LogP contribution is -2.28. The minimum absolute atomic E-state index is 0.258. The van der Waals surface area contributed by atoms with Crippen molar-refractivity contribution in [1.29, 1.82) is 0 Å². The van der Waals surface area contributed by atoms with E-state index < -0.39 is 0 Å². The fraction of sp³-hybridized carbons (Fsp3) is 0.118. The van der Waals surface area contributed by atoms with Gasteiger partial charge in [0.05, 0.1) is 11.6 Å². The van der Waals surface area contributed by atoms with Gasteiger partial charge in [0.15, 0.2) is 0 Å². The molecule has 3 rings (SSSR count). The summed E-state index contributed by atoms with van der Waals surface area (Å²) >= 11 is 0. The second-order valence-electron chi connectivity index (χ2n) is 5.06. The molecular weight excluding hydrogens is 265 g/mol. The van der Waals surface area contributed by atoms with Gasteiger partial charge in [-0.1, -0.05) is 24.3 Å². The van der Waals surface area contributed by atoms with E-state index in [1.54, 1.807) is 6.07 Å². The van der Waals surface area contributed by atoms with Gasteiger partial charge in [-0.05, 0) is 48.4 Å². The first-order valence-electron chi connectivity index (χ1n) is 6.76. The van der Waals surface area contributed by atoms with Gasteiger partial charge in [0, 0.05) is 11.1 Å². The van der Waals surface area contributed by atoms with Crippen LogP contribution in [0.3, 0.4) is 0 Å². The van der Waals surface area contributed by atoms with Gasteiger partial charge < -0.3 is 0 Å². The Morgan fingerprint density at radius 3 is 2.62 bits per heavy atom. The van der Waals surface area contributed by atoms with Crippen LogP contribution in [0, 0.1) is 12.7 Å². The van der Waals surface area contributed by atoms with E-state index in [4.69, 9.17) is 5.84 Å². The van der Waals surface area contributed by atoms with E-state index in [0.717, 1.165) is 27.7 Å². The predicted molar refractivity (Wildman–Crippen MR) is 82.0 cm³/mol. The summed E-state index contributed by atoms with van der Waals surface area (Å²) in [4.78, 5) is 4.48. The third kappa shape index (κ3) is 2.77. The van der Waals surface area contributed by atoms with Crippen LogP contribution in [0.2, 0.25) is 0 Å². The molecule has 1 aromatic heterocycles. The molecule has 0 aliphatic rings. The van der Waals surface area contributed by atoms with Crippen LogP contribution in [0.4, 0.5) is 4.39 Å². The highest BCUT2D eigenvalue weighted by molar-refractivity contribution is 5.79. The lowest BCUT2D eigenvalue weighted by molar-refractivity contribution is 0.605. The number of hydrogen-bond acceptors (Lipinski definition) is 3. The Morgan fingerprint density at radius 2 is 1.86 bits per heavy atom. The molecule has 0 bridgehead atoms. The first kappa shape index (κ1) is 13.7. The smallest absolute Gasteiger partial charge is 0.123 e. The molecule has 0 radical (unpaired) electrons. The number of halogens is 1. The van der Waals surface area contributed by atoms with Gasteiger partial charge in [0.2, 0.25) is 0 Å². The van der Waals surface area contributed by atoms with Crippen molar-refractivity contribution in [1.82, 2.24) is 10.4 Å². The normalized spacial score (nSPS) is 12.5. The van der Waals surface area contributed by atoms with E-state index in [2.05, 4.69) is 10.4 Å². The molecule has 3 N–H and O–H groups in total. The summed E-state index contributed by atoms with van der Waals surface area (Å²) in [6.45, 7) is 1.96. The number of nitrogens with one attached hydrogen (secondary N) is 1. The first-order chi connectivity index (χ1) is 10.2. The van der Waals surface area contributed by atoms with Crippen molar-refractivity contribution in [3.8, 4) is 0 Å². The van der Waals surface area contributed by atoms with Gasteiger partial charge in [-0.25, -0.2) is 9.82 Å². The summed E-state index contributed by atoms with van der Waals surface area (Å²) in [5.74, 6) is 5.39. The largest absolute Gasteiger partial charge is 0.271 e. The summed E-state index contributed by atoms with van der Waals surface area (Å²) in [5.41, 5.74) is 6.43. The SMILES string of the molecule is Cc1ccc2cc(C(NN)c3cccc(F)c3)ccc2n1. The van der Waals surface area contributed by atoms with Crippen molar-refractivity contribution in [2.24, 2.45) is 5.84 Å². The molecular formula is C17H16FN3. The molecule has 3 aromatic rings. The Hall–Kier alpha value is -2.30. The molecule has 0 fully saturated rings. The van der Waals surface area contributed by atoms with Crippen molar-refractivity contribution in [2.75, 3.05) is 0 Å².